The van der Waals surface area contributed by atoms with E-state index in [1.54, 1.807) is 7.05 Å². The molecule has 2 N–H and O–H groups in total. The van der Waals surface area contributed by atoms with E-state index in [0.29, 0.717) is 5.69 Å². The second-order valence-corrected chi connectivity index (χ2v) is 8.56. The van der Waals surface area contributed by atoms with Crippen molar-refractivity contribution in [2.75, 3.05) is 56.5 Å². The molecule has 0 spiro atoms. The Morgan fingerprint density at radius 2 is 1.16 bits per heavy atom. The van der Waals surface area contributed by atoms with Gasteiger partial charge in [-0.25, -0.2) is 24.2 Å². The van der Waals surface area contributed by atoms with E-state index in [9.17, 15) is 28.8 Å². The van der Waals surface area contributed by atoms with Crippen molar-refractivity contribution in [3.8, 4) is 0 Å². The largest absolute Gasteiger partial charge is 0.480 e. The Hall–Kier alpha value is -5.64. The molecule has 0 aromatic heterocycles. The van der Waals surface area contributed by atoms with E-state index in [-0.39, 0.29) is 43.0 Å². The van der Waals surface area contributed by atoms with Gasteiger partial charge < -0.3 is 38.9 Å². The second-order valence-electron chi connectivity index (χ2n) is 8.56. The zero-order valence-electron chi connectivity index (χ0n) is 23.5. The molecule has 2 rings (SSSR count). The first-order valence-corrected chi connectivity index (χ1v) is 12.7. The van der Waals surface area contributed by atoms with Gasteiger partial charge >= 0.3 is 35.8 Å². The number of hydrogen-bond acceptors (Lipinski definition) is 14. The number of carbonyl (C=O) groups is 6. The summed E-state index contributed by atoms with van der Waals surface area (Å²) in [5, 5.41) is 18.7. The van der Waals surface area contributed by atoms with Gasteiger partial charge in [0.2, 0.25) is 0 Å². The predicted molar refractivity (Wildman–Crippen MR) is 148 cm³/mol. The van der Waals surface area contributed by atoms with Crippen molar-refractivity contribution in [1.82, 2.24) is 0 Å². The number of rotatable bonds is 19. The highest BCUT2D eigenvalue weighted by Gasteiger charge is 2.16. The van der Waals surface area contributed by atoms with Crippen LogP contribution in [0.15, 0.2) is 61.4 Å². The molecule has 0 amide bonds. The molecule has 0 fully saturated rings. The van der Waals surface area contributed by atoms with Crippen LogP contribution in [0.5, 0.6) is 0 Å². The molecule has 2 aromatic rings. The molecule has 0 unspecified atom stereocenters. The molecule has 236 valence electrons. The van der Waals surface area contributed by atoms with E-state index in [0.717, 1.165) is 11.3 Å². The summed E-state index contributed by atoms with van der Waals surface area (Å²) < 4.78 is 19.6. The predicted octanol–water partition coefficient (Wildman–Crippen LogP) is 1.60. The fourth-order valence-electron chi connectivity index (χ4n) is 3.21. The molecule has 0 saturated heterocycles. The molecule has 2 aromatic carbocycles. The van der Waals surface area contributed by atoms with Gasteiger partial charge in [0.15, 0.2) is 13.2 Å². The average Bonchev–Trinajstić information content (AvgIpc) is 3.00. The molecule has 0 aliphatic carbocycles. The van der Waals surface area contributed by atoms with E-state index in [1.165, 1.54) is 53.4 Å². The Morgan fingerprint density at radius 3 is 1.59 bits per heavy atom. The van der Waals surface area contributed by atoms with Gasteiger partial charge in [0.1, 0.15) is 19.4 Å². The van der Waals surface area contributed by atoms with Crippen molar-refractivity contribution in [2.45, 2.75) is 6.42 Å². The van der Waals surface area contributed by atoms with E-state index in [4.69, 9.17) is 34.1 Å². The van der Waals surface area contributed by atoms with Crippen molar-refractivity contribution in [2.24, 2.45) is 0 Å². The van der Waals surface area contributed by atoms with Crippen LogP contribution in [0.4, 0.5) is 11.4 Å². The molecule has 16 heteroatoms. The summed E-state index contributed by atoms with van der Waals surface area (Å²) in [5.74, 6) is -5.51. The third kappa shape index (κ3) is 12.5. The van der Waals surface area contributed by atoms with Crippen LogP contribution in [0.3, 0.4) is 0 Å². The van der Waals surface area contributed by atoms with Crippen molar-refractivity contribution in [1.29, 1.82) is 0 Å². The summed E-state index contributed by atoms with van der Waals surface area (Å²) in [6.45, 7) is 0.871. The Bertz CT molecular complexity index is 1310. The van der Waals surface area contributed by atoms with Crippen LogP contribution in [-0.2, 0) is 48.0 Å². The number of nitrogens with zero attached hydrogens (tertiary/aromatic N) is 2. The molecule has 0 saturated carbocycles. The van der Waals surface area contributed by atoms with Crippen molar-refractivity contribution in [3.63, 3.8) is 0 Å². The van der Waals surface area contributed by atoms with Gasteiger partial charge in [-0.15, -0.1) is 0 Å². The maximum Gasteiger partial charge on any atom is 0.344 e. The van der Waals surface area contributed by atoms with Crippen molar-refractivity contribution < 1.29 is 67.8 Å². The zero-order chi connectivity index (χ0) is 32.5. The average molecular weight is 619 g/mol. The van der Waals surface area contributed by atoms with Crippen molar-refractivity contribution >= 4 is 47.2 Å². The van der Waals surface area contributed by atoms with Gasteiger partial charge in [0.25, 0.3) is 0 Å². The Labute approximate surface area is 250 Å². The number of benzene rings is 2. The Kier molecular flexibility index (Phi) is 14.2. The highest BCUT2D eigenvalue weighted by Crippen LogP contribution is 2.17. The van der Waals surface area contributed by atoms with E-state index in [2.05, 4.69) is 11.5 Å². The standard InChI is InChI=1S/C28H30N2O14/c1-3-43-44-30(16-24(33)34)22-11-7-20(8-12-22)28(38)42-18-26(36)40-14-4-13-39-25(35)17-41-27(37)19-5-9-21(10-6-19)29(2)15-23(31)32/h3,5-12H,1,4,13-18H2,2H3,(H,31,32)(H,33,34). The third-order valence-corrected chi connectivity index (χ3v) is 5.24. The first kappa shape index (κ1) is 34.6. The van der Waals surface area contributed by atoms with Crippen LogP contribution < -0.4 is 9.96 Å². The van der Waals surface area contributed by atoms with Crippen LogP contribution >= 0.6 is 0 Å². The van der Waals surface area contributed by atoms with E-state index in [1.807, 2.05) is 0 Å². The number of anilines is 2. The van der Waals surface area contributed by atoms with Gasteiger partial charge in [-0.1, -0.05) is 11.6 Å². The Balaban J connectivity index is 1.63. The quantitative estimate of drug-likeness (QED) is 0.0573. The van der Waals surface area contributed by atoms with Gasteiger partial charge in [-0.05, 0) is 48.5 Å². The summed E-state index contributed by atoms with van der Waals surface area (Å²) in [5.41, 5.74) is 1.04. The monoisotopic (exact) mass is 618 g/mol. The smallest absolute Gasteiger partial charge is 0.344 e. The fraction of sp³-hybridized carbons (Fsp3) is 0.286. The summed E-state index contributed by atoms with van der Waals surface area (Å²) in [6, 6.07) is 11.3. The second kappa shape index (κ2) is 18.0. The lowest BCUT2D eigenvalue weighted by molar-refractivity contribution is -0.259. The molecule has 0 aliphatic heterocycles. The molecule has 0 bridgehead atoms. The molecule has 0 atom stereocenters. The number of hydrogen-bond donors (Lipinski definition) is 2. The lowest BCUT2D eigenvalue weighted by atomic mass is 10.2. The highest BCUT2D eigenvalue weighted by molar-refractivity contribution is 5.92. The van der Waals surface area contributed by atoms with Gasteiger partial charge in [-0.2, -0.15) is 0 Å². The third-order valence-electron chi connectivity index (χ3n) is 5.24. The highest BCUT2D eigenvalue weighted by atomic mass is 17.3. The topological polar surface area (TPSA) is 205 Å². The number of hydroxylamine groups is 1. The molecule has 0 aliphatic rings. The SMILES string of the molecule is C=COON(CC(=O)O)c1ccc(C(=O)OCC(=O)OCCCOC(=O)COC(=O)c2ccc(N(C)CC(=O)O)cc2)cc1. The lowest BCUT2D eigenvalue weighted by Gasteiger charge is -2.19. The number of carbonyl (C=O) groups excluding carboxylic acids is 4. The molecule has 16 nitrogen and oxygen atoms in total. The molecular formula is C28H30N2O14. The Morgan fingerprint density at radius 1 is 0.705 bits per heavy atom. The molecule has 0 radical (unpaired) electrons. The van der Waals surface area contributed by atoms with E-state index < -0.39 is 55.6 Å². The first-order valence-electron chi connectivity index (χ1n) is 12.7. The normalized spacial score (nSPS) is 10.1. The molecule has 0 heterocycles. The van der Waals surface area contributed by atoms with Gasteiger partial charge in [-0.3, -0.25) is 9.59 Å². The first-order chi connectivity index (χ1) is 21.0. The summed E-state index contributed by atoms with van der Waals surface area (Å²) in [7, 11) is 1.58. The van der Waals surface area contributed by atoms with Crippen LogP contribution in [0, 0.1) is 0 Å². The number of likely N-dealkylation sites (N-methyl/N-ethyl adjacent to an activating group) is 1. The number of carboxylic acid groups (broad SMARTS) is 2. The summed E-state index contributed by atoms with van der Waals surface area (Å²) in [6.07, 6.45) is 1.07. The maximum atomic E-state index is 12.2. The number of esters is 4. The van der Waals surface area contributed by atoms with Crippen molar-refractivity contribution in [3.05, 3.63) is 72.5 Å². The van der Waals surface area contributed by atoms with Gasteiger partial charge in [0, 0.05) is 19.2 Å². The van der Waals surface area contributed by atoms with Gasteiger partial charge in [0.05, 0.1) is 30.0 Å². The number of ether oxygens (including phenoxy) is 4. The minimum absolute atomic E-state index is 0.0643. The number of aliphatic carboxylic acids is 2. The van der Waals surface area contributed by atoms with E-state index >= 15 is 0 Å². The zero-order valence-corrected chi connectivity index (χ0v) is 23.5. The minimum atomic E-state index is -1.20. The molecule has 44 heavy (non-hydrogen) atoms. The van der Waals surface area contributed by atoms with Crippen LogP contribution in [-0.4, -0.2) is 92.6 Å². The van der Waals surface area contributed by atoms with Crippen LogP contribution in [0.25, 0.3) is 0 Å². The fourth-order valence-corrected chi connectivity index (χ4v) is 3.21. The lowest BCUT2D eigenvalue weighted by Crippen LogP contribution is -2.29. The molecular weight excluding hydrogens is 588 g/mol. The van der Waals surface area contributed by atoms with Crippen LogP contribution in [0.2, 0.25) is 0 Å². The van der Waals surface area contributed by atoms with Crippen LogP contribution in [0.1, 0.15) is 27.1 Å². The number of carboxylic acids is 2. The minimum Gasteiger partial charge on any atom is -0.480 e. The maximum absolute atomic E-state index is 12.2. The summed E-state index contributed by atoms with van der Waals surface area (Å²) >= 11 is 0. The summed E-state index contributed by atoms with van der Waals surface area (Å²) in [4.78, 5) is 80.5.